The van der Waals surface area contributed by atoms with E-state index in [1.807, 2.05) is 6.07 Å². The van der Waals surface area contributed by atoms with Crippen molar-refractivity contribution in [1.29, 1.82) is 5.26 Å². The molecule has 0 aromatic carbocycles. The van der Waals surface area contributed by atoms with E-state index in [4.69, 9.17) is 16.9 Å². The summed E-state index contributed by atoms with van der Waals surface area (Å²) in [5.74, 6) is -0.485. The second-order valence-corrected chi connectivity index (χ2v) is 2.72. The Morgan fingerprint density at radius 1 is 1.69 bits per heavy atom. The third kappa shape index (κ3) is 2.85. The fraction of sp³-hybridized carbons (Fsp3) is 0.111. The highest BCUT2D eigenvalue weighted by atomic mass is 35.5. The van der Waals surface area contributed by atoms with Crippen molar-refractivity contribution in [3.8, 4) is 6.07 Å². The van der Waals surface area contributed by atoms with E-state index < -0.39 is 5.82 Å². The molecule has 1 heterocycles. The molecule has 0 saturated carbocycles. The number of pyridine rings is 1. The van der Waals surface area contributed by atoms with Crippen molar-refractivity contribution >= 4 is 17.7 Å². The first-order valence-electron chi connectivity index (χ1n) is 3.58. The monoisotopic (exact) mass is 196 g/mol. The van der Waals surface area contributed by atoms with Crippen LogP contribution in [0.3, 0.4) is 0 Å². The van der Waals surface area contributed by atoms with E-state index >= 15 is 0 Å². The van der Waals surface area contributed by atoms with Gasteiger partial charge in [-0.3, -0.25) is 4.98 Å². The van der Waals surface area contributed by atoms with E-state index in [1.54, 1.807) is 6.08 Å². The minimum absolute atomic E-state index is 0.194. The number of hydrogen-bond acceptors (Lipinski definition) is 2. The zero-order valence-electron chi connectivity index (χ0n) is 6.67. The van der Waals surface area contributed by atoms with Gasteiger partial charge in [-0.2, -0.15) is 5.26 Å². The van der Waals surface area contributed by atoms with Crippen LogP contribution >= 0.6 is 11.6 Å². The molecule has 0 radical (unpaired) electrons. The molecule has 0 unspecified atom stereocenters. The summed E-state index contributed by atoms with van der Waals surface area (Å²) < 4.78 is 13.0. The summed E-state index contributed by atoms with van der Waals surface area (Å²) >= 11 is 5.50. The van der Waals surface area contributed by atoms with Gasteiger partial charge >= 0.3 is 0 Å². The Balaban J connectivity index is 2.85. The summed E-state index contributed by atoms with van der Waals surface area (Å²) in [4.78, 5) is 3.75. The third-order valence-corrected chi connectivity index (χ3v) is 1.53. The Kier molecular flexibility index (Phi) is 3.41. The molecule has 0 N–H and O–H groups in total. The zero-order valence-corrected chi connectivity index (χ0v) is 7.42. The van der Waals surface area contributed by atoms with Crippen LogP contribution in [0.2, 0.25) is 5.02 Å². The number of aromatic nitrogens is 1. The van der Waals surface area contributed by atoms with Gasteiger partial charge in [-0.1, -0.05) is 17.7 Å². The predicted octanol–water partition coefficient (Wildman–Crippen LogP) is 2.80. The Morgan fingerprint density at radius 3 is 3.08 bits per heavy atom. The SMILES string of the molecule is N#CCC=Cc1ncc(Cl)cc1F. The minimum Gasteiger partial charge on any atom is -0.252 e. The van der Waals surface area contributed by atoms with Gasteiger partial charge in [0.1, 0.15) is 5.82 Å². The average molecular weight is 197 g/mol. The van der Waals surface area contributed by atoms with Gasteiger partial charge in [-0.05, 0) is 12.1 Å². The summed E-state index contributed by atoms with van der Waals surface area (Å²) in [5.41, 5.74) is 0.194. The number of nitrogens with zero attached hydrogens (tertiary/aromatic N) is 2. The Labute approximate surface area is 80.3 Å². The van der Waals surface area contributed by atoms with E-state index in [9.17, 15) is 4.39 Å². The van der Waals surface area contributed by atoms with Gasteiger partial charge in [0.15, 0.2) is 0 Å². The molecular weight excluding hydrogens is 191 g/mol. The van der Waals surface area contributed by atoms with Crippen LogP contribution in [0.4, 0.5) is 4.39 Å². The summed E-state index contributed by atoms with van der Waals surface area (Å²) in [6.07, 6.45) is 4.59. The number of rotatable bonds is 2. The van der Waals surface area contributed by atoms with Gasteiger partial charge in [0.05, 0.1) is 23.2 Å². The number of nitriles is 1. The molecule has 1 rings (SSSR count). The molecule has 66 valence electrons. The second-order valence-electron chi connectivity index (χ2n) is 2.29. The molecule has 0 atom stereocenters. The van der Waals surface area contributed by atoms with Crippen molar-refractivity contribution in [1.82, 2.24) is 4.98 Å². The molecule has 1 aromatic heterocycles. The maximum atomic E-state index is 13.0. The summed E-state index contributed by atoms with van der Waals surface area (Å²) in [7, 11) is 0. The number of hydrogen-bond donors (Lipinski definition) is 0. The summed E-state index contributed by atoms with van der Waals surface area (Å²) in [5, 5.41) is 8.48. The summed E-state index contributed by atoms with van der Waals surface area (Å²) in [6, 6.07) is 3.09. The highest BCUT2D eigenvalue weighted by Crippen LogP contribution is 2.12. The van der Waals surface area contributed by atoms with Crippen LogP contribution in [-0.2, 0) is 0 Å². The molecule has 0 aliphatic heterocycles. The first-order valence-corrected chi connectivity index (χ1v) is 3.96. The standard InChI is InChI=1S/C9H6ClFN2/c10-7-5-8(11)9(13-6-7)3-1-2-4-12/h1,3,5-6H,2H2. The van der Waals surface area contributed by atoms with Gasteiger partial charge in [-0.15, -0.1) is 0 Å². The molecule has 0 spiro atoms. The summed E-state index contributed by atoms with van der Waals surface area (Å²) in [6.45, 7) is 0. The molecule has 1 aromatic rings. The number of allylic oxidation sites excluding steroid dienone is 1. The molecule has 2 nitrogen and oxygen atoms in total. The largest absolute Gasteiger partial charge is 0.252 e. The maximum absolute atomic E-state index is 13.0. The Bertz CT molecular complexity index is 368. The lowest BCUT2D eigenvalue weighted by atomic mass is 10.3. The molecule has 0 amide bonds. The lowest BCUT2D eigenvalue weighted by Gasteiger charge is -1.94. The van der Waals surface area contributed by atoms with Crippen molar-refractivity contribution in [3.63, 3.8) is 0 Å². The third-order valence-electron chi connectivity index (χ3n) is 1.32. The topological polar surface area (TPSA) is 36.7 Å². The van der Waals surface area contributed by atoms with Crippen LogP contribution in [0.25, 0.3) is 6.08 Å². The van der Waals surface area contributed by atoms with Gasteiger partial charge in [0.2, 0.25) is 0 Å². The Morgan fingerprint density at radius 2 is 2.46 bits per heavy atom. The highest BCUT2D eigenvalue weighted by molar-refractivity contribution is 6.30. The van der Waals surface area contributed by atoms with Gasteiger partial charge < -0.3 is 0 Å². The lowest BCUT2D eigenvalue weighted by Crippen LogP contribution is -1.86. The fourth-order valence-electron chi connectivity index (χ4n) is 0.771. The lowest BCUT2D eigenvalue weighted by molar-refractivity contribution is 0.618. The first kappa shape index (κ1) is 9.69. The van der Waals surface area contributed by atoms with Gasteiger partial charge in [0.25, 0.3) is 0 Å². The average Bonchev–Trinajstić information content (AvgIpc) is 2.09. The van der Waals surface area contributed by atoms with Crippen LogP contribution in [0.5, 0.6) is 0 Å². The molecule has 4 heteroatoms. The highest BCUT2D eigenvalue weighted by Gasteiger charge is 1.99. The van der Waals surface area contributed by atoms with E-state index in [1.165, 1.54) is 18.3 Å². The van der Waals surface area contributed by atoms with Gasteiger partial charge in [0, 0.05) is 6.20 Å². The van der Waals surface area contributed by atoms with E-state index in [2.05, 4.69) is 4.98 Å². The van der Waals surface area contributed by atoms with Crippen molar-refractivity contribution < 1.29 is 4.39 Å². The quantitative estimate of drug-likeness (QED) is 0.729. The molecule has 0 aliphatic carbocycles. The van der Waals surface area contributed by atoms with E-state index in [-0.39, 0.29) is 17.1 Å². The normalized spacial score (nSPS) is 10.2. The van der Waals surface area contributed by atoms with Crippen LogP contribution in [0.1, 0.15) is 12.1 Å². The van der Waals surface area contributed by atoms with Crippen molar-refractivity contribution in [2.75, 3.05) is 0 Å². The smallest absolute Gasteiger partial charge is 0.150 e. The van der Waals surface area contributed by atoms with Crippen molar-refractivity contribution in [3.05, 3.63) is 34.9 Å². The molecular formula is C9H6ClFN2. The van der Waals surface area contributed by atoms with Crippen molar-refractivity contribution in [2.24, 2.45) is 0 Å². The molecule has 0 bridgehead atoms. The number of halogens is 2. The van der Waals surface area contributed by atoms with E-state index in [0.29, 0.717) is 0 Å². The van der Waals surface area contributed by atoms with Crippen LogP contribution < -0.4 is 0 Å². The van der Waals surface area contributed by atoms with Crippen molar-refractivity contribution in [2.45, 2.75) is 6.42 Å². The van der Waals surface area contributed by atoms with Crippen LogP contribution in [0.15, 0.2) is 18.3 Å². The van der Waals surface area contributed by atoms with Gasteiger partial charge in [-0.25, -0.2) is 4.39 Å². The predicted molar refractivity (Wildman–Crippen MR) is 48.5 cm³/mol. The molecule has 13 heavy (non-hydrogen) atoms. The Hall–Kier alpha value is -1.40. The second kappa shape index (κ2) is 4.58. The molecule has 0 saturated heterocycles. The molecule has 0 aliphatic rings. The zero-order chi connectivity index (χ0) is 9.68. The first-order chi connectivity index (χ1) is 6.24. The van der Waals surface area contributed by atoms with Crippen LogP contribution in [-0.4, -0.2) is 4.98 Å². The van der Waals surface area contributed by atoms with Crippen LogP contribution in [0, 0.1) is 17.1 Å². The molecule has 0 fully saturated rings. The fourth-order valence-corrected chi connectivity index (χ4v) is 0.916. The van der Waals surface area contributed by atoms with E-state index in [0.717, 1.165) is 0 Å². The minimum atomic E-state index is -0.485. The maximum Gasteiger partial charge on any atom is 0.150 e.